The number of amides is 2. The Labute approximate surface area is 213 Å². The first-order valence-electron chi connectivity index (χ1n) is 12.2. The van der Waals surface area contributed by atoms with Crippen LogP contribution in [-0.2, 0) is 9.59 Å². The molecule has 0 radical (unpaired) electrons. The maximum absolute atomic E-state index is 13.6. The Morgan fingerprint density at radius 2 is 1.83 bits per heavy atom. The van der Waals surface area contributed by atoms with Crippen molar-refractivity contribution in [3.05, 3.63) is 64.9 Å². The molecule has 2 unspecified atom stereocenters. The molecule has 4 aliphatic rings. The zero-order valence-corrected chi connectivity index (χ0v) is 20.5. The molecule has 3 atom stereocenters. The average molecular weight is 517 g/mol. The smallest absolute Gasteiger partial charge is 0.258 e. The Balaban J connectivity index is 1.13. The van der Waals surface area contributed by atoms with E-state index in [0.717, 1.165) is 11.6 Å². The number of benzene rings is 2. The first-order valence-corrected chi connectivity index (χ1v) is 12.6. The second-order valence-electron chi connectivity index (χ2n) is 10.1. The number of carbonyl (C=O) groups excluding carboxylic acids is 2. The Morgan fingerprint density at radius 3 is 2.53 bits per heavy atom. The molecule has 10 heteroatoms. The Hall–Kier alpha value is -2.72. The molecule has 2 aromatic rings. The topological polar surface area (TPSA) is 112 Å². The molecule has 1 aliphatic heterocycles. The van der Waals surface area contributed by atoms with Gasteiger partial charge >= 0.3 is 0 Å². The standard InChI is InChI=1S/C26H30ClFN4O4/c27-18-7-6-17(12-19(18)28)36-15-23(34)29-26-10-8-25(9-11-26,14-22(26)33)30-24(35)21-13-20(31-32-21)16-4-2-1-3-5-16/h1-7,12,20-22,31-33H,8-11,13-15H2,(H,29,34)(H,30,35)/t20?,21?,22-,25?,26?/m0/s1. The molecular formula is C26H30ClFN4O4. The molecule has 3 saturated carbocycles. The monoisotopic (exact) mass is 516 g/mol. The predicted octanol–water partition coefficient (Wildman–Crippen LogP) is 2.51. The molecule has 3 aliphatic carbocycles. The van der Waals surface area contributed by atoms with Crippen molar-refractivity contribution in [3.8, 4) is 5.75 Å². The lowest BCUT2D eigenvalue weighted by Crippen LogP contribution is -2.71. The number of carbonyl (C=O) groups is 2. The summed E-state index contributed by atoms with van der Waals surface area (Å²) < 4.78 is 19.0. The van der Waals surface area contributed by atoms with Crippen LogP contribution in [0.5, 0.6) is 5.75 Å². The summed E-state index contributed by atoms with van der Waals surface area (Å²) >= 11 is 5.67. The molecule has 2 amide bonds. The largest absolute Gasteiger partial charge is 0.484 e. The fraction of sp³-hybridized carbons (Fsp3) is 0.462. The van der Waals surface area contributed by atoms with E-state index in [4.69, 9.17) is 16.3 Å². The Bertz CT molecular complexity index is 1130. The van der Waals surface area contributed by atoms with Crippen LogP contribution >= 0.6 is 11.6 Å². The fourth-order valence-corrected chi connectivity index (χ4v) is 5.79. The van der Waals surface area contributed by atoms with Crippen molar-refractivity contribution in [2.75, 3.05) is 6.61 Å². The van der Waals surface area contributed by atoms with Gasteiger partial charge in [-0.3, -0.25) is 9.59 Å². The third kappa shape index (κ3) is 5.06. The second kappa shape index (κ2) is 9.97. The number of ether oxygens (including phenoxy) is 1. The highest BCUT2D eigenvalue weighted by atomic mass is 35.5. The minimum absolute atomic E-state index is 0.0233. The van der Waals surface area contributed by atoms with Crippen molar-refractivity contribution in [2.24, 2.45) is 0 Å². The van der Waals surface area contributed by atoms with Crippen LogP contribution in [0.15, 0.2) is 48.5 Å². The van der Waals surface area contributed by atoms with Gasteiger partial charge in [-0.05, 0) is 56.2 Å². The van der Waals surface area contributed by atoms with Crippen molar-refractivity contribution >= 4 is 23.4 Å². The van der Waals surface area contributed by atoms with E-state index < -0.39 is 28.9 Å². The number of nitrogens with one attached hydrogen (secondary N) is 4. The number of hydrogen-bond acceptors (Lipinski definition) is 6. The quantitative estimate of drug-likeness (QED) is 0.387. The molecule has 2 aromatic carbocycles. The van der Waals surface area contributed by atoms with Crippen LogP contribution in [0.25, 0.3) is 0 Å². The van der Waals surface area contributed by atoms with Gasteiger partial charge in [-0.25, -0.2) is 15.2 Å². The molecule has 4 fully saturated rings. The molecule has 0 spiro atoms. The lowest BCUT2D eigenvalue weighted by molar-refractivity contribution is -0.137. The molecule has 6 rings (SSSR count). The van der Waals surface area contributed by atoms with Gasteiger partial charge in [0, 0.05) is 17.6 Å². The highest BCUT2D eigenvalue weighted by molar-refractivity contribution is 6.30. The number of aliphatic hydroxyl groups excluding tert-OH is 1. The molecule has 2 bridgehead atoms. The summed E-state index contributed by atoms with van der Waals surface area (Å²) in [6.45, 7) is -0.305. The van der Waals surface area contributed by atoms with Gasteiger partial charge in [0.25, 0.3) is 5.91 Å². The van der Waals surface area contributed by atoms with Gasteiger partial charge in [-0.15, -0.1) is 0 Å². The van der Waals surface area contributed by atoms with E-state index in [9.17, 15) is 19.1 Å². The van der Waals surface area contributed by atoms with E-state index in [1.165, 1.54) is 12.1 Å². The SMILES string of the molecule is O=C(COc1ccc(Cl)c(F)c1)NC12CCC(NC(=O)C3CC(c4ccccc4)NN3)(CC1)C[C@@H]2O. The van der Waals surface area contributed by atoms with Crippen molar-refractivity contribution in [2.45, 2.75) is 67.8 Å². The van der Waals surface area contributed by atoms with Gasteiger partial charge in [-0.2, -0.15) is 0 Å². The number of hydrogen-bond donors (Lipinski definition) is 5. The van der Waals surface area contributed by atoms with E-state index in [1.807, 2.05) is 30.3 Å². The zero-order chi connectivity index (χ0) is 25.3. The maximum atomic E-state index is 13.6. The van der Waals surface area contributed by atoms with Crippen molar-refractivity contribution in [3.63, 3.8) is 0 Å². The van der Waals surface area contributed by atoms with E-state index >= 15 is 0 Å². The lowest BCUT2D eigenvalue weighted by Gasteiger charge is -2.56. The normalized spacial score (nSPS) is 31.1. The third-order valence-electron chi connectivity index (χ3n) is 7.78. The fourth-order valence-electron chi connectivity index (χ4n) is 5.67. The average Bonchev–Trinajstić information content (AvgIpc) is 3.37. The van der Waals surface area contributed by atoms with Crippen molar-refractivity contribution < 1.29 is 23.8 Å². The van der Waals surface area contributed by atoms with Gasteiger partial charge in [0.2, 0.25) is 5.91 Å². The van der Waals surface area contributed by atoms with Crippen LogP contribution in [0.1, 0.15) is 50.1 Å². The molecule has 1 saturated heterocycles. The highest BCUT2D eigenvalue weighted by Gasteiger charge is 2.55. The van der Waals surface area contributed by atoms with E-state index in [2.05, 4.69) is 21.5 Å². The van der Waals surface area contributed by atoms with E-state index in [0.29, 0.717) is 38.5 Å². The summed E-state index contributed by atoms with van der Waals surface area (Å²) in [6, 6.07) is 13.6. The van der Waals surface area contributed by atoms with Crippen LogP contribution in [0.4, 0.5) is 4.39 Å². The molecule has 1 heterocycles. The number of hydrazine groups is 1. The summed E-state index contributed by atoms with van der Waals surface area (Å²) in [5.74, 6) is -0.907. The summed E-state index contributed by atoms with van der Waals surface area (Å²) in [7, 11) is 0. The predicted molar refractivity (Wildman–Crippen MR) is 132 cm³/mol. The van der Waals surface area contributed by atoms with Crippen LogP contribution in [0.2, 0.25) is 5.02 Å². The number of rotatable bonds is 7. The zero-order valence-electron chi connectivity index (χ0n) is 19.7. The van der Waals surface area contributed by atoms with Crippen LogP contribution in [0.3, 0.4) is 0 Å². The minimum Gasteiger partial charge on any atom is -0.484 e. The van der Waals surface area contributed by atoms with Gasteiger partial charge in [0.05, 0.1) is 16.7 Å². The molecular weight excluding hydrogens is 487 g/mol. The second-order valence-corrected chi connectivity index (χ2v) is 10.5. The molecule has 0 aromatic heterocycles. The molecule has 36 heavy (non-hydrogen) atoms. The molecule has 192 valence electrons. The summed E-state index contributed by atoms with van der Waals surface area (Å²) in [5.41, 5.74) is 6.17. The van der Waals surface area contributed by atoms with Gasteiger partial charge in [0.1, 0.15) is 17.6 Å². The van der Waals surface area contributed by atoms with Gasteiger partial charge in [-0.1, -0.05) is 41.9 Å². The summed E-state index contributed by atoms with van der Waals surface area (Å²) in [6.07, 6.45) is 2.58. The summed E-state index contributed by atoms with van der Waals surface area (Å²) in [4.78, 5) is 25.7. The van der Waals surface area contributed by atoms with Crippen molar-refractivity contribution in [1.29, 1.82) is 0 Å². The highest BCUT2D eigenvalue weighted by Crippen LogP contribution is 2.47. The van der Waals surface area contributed by atoms with Crippen LogP contribution < -0.4 is 26.2 Å². The van der Waals surface area contributed by atoms with Crippen LogP contribution in [0, 0.1) is 5.82 Å². The number of fused-ring (bicyclic) bond motifs is 3. The van der Waals surface area contributed by atoms with E-state index in [-0.39, 0.29) is 35.4 Å². The Kier molecular flexibility index (Phi) is 6.91. The number of halogens is 2. The van der Waals surface area contributed by atoms with E-state index in [1.54, 1.807) is 0 Å². The summed E-state index contributed by atoms with van der Waals surface area (Å²) in [5, 5.41) is 17.1. The maximum Gasteiger partial charge on any atom is 0.258 e. The number of aliphatic hydroxyl groups is 1. The lowest BCUT2D eigenvalue weighted by atomic mass is 9.59. The minimum atomic E-state index is -0.802. The van der Waals surface area contributed by atoms with Crippen molar-refractivity contribution in [1.82, 2.24) is 21.5 Å². The van der Waals surface area contributed by atoms with Gasteiger partial charge < -0.3 is 20.5 Å². The third-order valence-corrected chi connectivity index (χ3v) is 8.09. The molecule has 5 N–H and O–H groups in total. The molecule has 8 nitrogen and oxygen atoms in total. The van der Waals surface area contributed by atoms with Crippen LogP contribution in [-0.4, -0.2) is 46.8 Å². The first-order chi connectivity index (χ1) is 17.3. The first kappa shape index (κ1) is 25.0. The van der Waals surface area contributed by atoms with Gasteiger partial charge in [0.15, 0.2) is 6.61 Å². The Morgan fingerprint density at radius 1 is 1.08 bits per heavy atom.